The fourth-order valence-corrected chi connectivity index (χ4v) is 3.24. The lowest BCUT2D eigenvalue weighted by Crippen LogP contribution is -2.26. The van der Waals surface area contributed by atoms with E-state index in [0.717, 1.165) is 18.3 Å². The summed E-state index contributed by atoms with van der Waals surface area (Å²) >= 11 is 0. The van der Waals surface area contributed by atoms with Crippen molar-refractivity contribution in [3.05, 3.63) is 0 Å². The molecule has 0 spiro atoms. The van der Waals surface area contributed by atoms with Crippen LogP contribution in [0.25, 0.3) is 0 Å². The van der Waals surface area contributed by atoms with E-state index in [1.165, 1.54) is 57.8 Å². The molecule has 2 saturated carbocycles. The zero-order valence-electron chi connectivity index (χ0n) is 10.8. The highest BCUT2D eigenvalue weighted by atomic mass is 16.3. The summed E-state index contributed by atoms with van der Waals surface area (Å²) in [6.45, 7) is 2.28. The molecule has 0 amide bonds. The maximum Gasteiger partial charge on any atom is 0.0571 e. The first-order valence-electron chi connectivity index (χ1n) is 7.47. The summed E-state index contributed by atoms with van der Waals surface area (Å²) in [5.74, 6) is 2.50. The van der Waals surface area contributed by atoms with Crippen LogP contribution in [0, 0.1) is 17.8 Å². The topological polar surface area (TPSA) is 20.2 Å². The Kier molecular flexibility index (Phi) is 4.69. The molecule has 2 rings (SSSR count). The van der Waals surface area contributed by atoms with E-state index in [-0.39, 0.29) is 6.10 Å². The van der Waals surface area contributed by atoms with Crippen molar-refractivity contribution >= 4 is 0 Å². The molecule has 0 aromatic carbocycles. The fraction of sp³-hybridized carbons (Fsp3) is 1.00. The number of unbranched alkanes of at least 4 members (excludes halogenated alkanes) is 1. The standard InChI is InChI=1S/C15H28O/c1-2-3-4-12-7-9-14(10-8-12)15(16)11-13-5-6-13/h12-16H,2-11H2,1H3. The summed E-state index contributed by atoms with van der Waals surface area (Å²) in [5, 5.41) is 10.1. The molecule has 1 atom stereocenters. The van der Waals surface area contributed by atoms with Crippen LogP contribution in [0.2, 0.25) is 0 Å². The molecular weight excluding hydrogens is 196 g/mol. The van der Waals surface area contributed by atoms with Gasteiger partial charge in [0.05, 0.1) is 6.10 Å². The number of aliphatic hydroxyl groups is 1. The lowest BCUT2D eigenvalue weighted by Gasteiger charge is -2.31. The Morgan fingerprint density at radius 1 is 1.00 bits per heavy atom. The first-order chi connectivity index (χ1) is 7.79. The largest absolute Gasteiger partial charge is 0.393 e. The minimum atomic E-state index is 0.0274. The number of aliphatic hydroxyl groups excluding tert-OH is 1. The molecular formula is C15H28O. The van der Waals surface area contributed by atoms with E-state index in [2.05, 4.69) is 6.92 Å². The van der Waals surface area contributed by atoms with Crippen LogP contribution in [0.5, 0.6) is 0 Å². The van der Waals surface area contributed by atoms with Gasteiger partial charge in [0.25, 0.3) is 0 Å². The molecule has 1 N–H and O–H groups in total. The average Bonchev–Trinajstić information content (AvgIpc) is 3.11. The maximum atomic E-state index is 10.1. The van der Waals surface area contributed by atoms with Gasteiger partial charge in [0.2, 0.25) is 0 Å². The molecule has 2 fully saturated rings. The molecule has 0 aromatic heterocycles. The van der Waals surface area contributed by atoms with Crippen LogP contribution in [0.3, 0.4) is 0 Å². The zero-order chi connectivity index (χ0) is 11.4. The van der Waals surface area contributed by atoms with Crippen LogP contribution in [0.4, 0.5) is 0 Å². The van der Waals surface area contributed by atoms with Crippen LogP contribution in [-0.4, -0.2) is 11.2 Å². The molecule has 0 aliphatic heterocycles. The highest BCUT2D eigenvalue weighted by Crippen LogP contribution is 2.39. The van der Waals surface area contributed by atoms with Crippen LogP contribution >= 0.6 is 0 Å². The van der Waals surface area contributed by atoms with Crippen molar-refractivity contribution in [2.24, 2.45) is 17.8 Å². The Balaban J connectivity index is 1.63. The van der Waals surface area contributed by atoms with Crippen LogP contribution in [0.1, 0.15) is 71.1 Å². The molecule has 1 unspecified atom stereocenters. The molecule has 0 aromatic rings. The summed E-state index contributed by atoms with van der Waals surface area (Å²) in [4.78, 5) is 0. The Morgan fingerprint density at radius 3 is 2.19 bits per heavy atom. The molecule has 2 aliphatic carbocycles. The van der Waals surface area contributed by atoms with Gasteiger partial charge in [-0.2, -0.15) is 0 Å². The van der Waals surface area contributed by atoms with Crippen molar-refractivity contribution in [3.63, 3.8) is 0 Å². The third kappa shape index (κ3) is 3.76. The molecule has 0 saturated heterocycles. The molecule has 94 valence electrons. The van der Waals surface area contributed by atoms with Gasteiger partial charge in [-0.05, 0) is 37.0 Å². The molecule has 1 nitrogen and oxygen atoms in total. The second-order valence-corrected chi connectivity index (χ2v) is 6.17. The van der Waals surface area contributed by atoms with Gasteiger partial charge in [0, 0.05) is 0 Å². The normalized spacial score (nSPS) is 32.6. The SMILES string of the molecule is CCCCC1CCC(C(O)CC2CC2)CC1. The van der Waals surface area contributed by atoms with E-state index in [1.54, 1.807) is 0 Å². The molecule has 0 radical (unpaired) electrons. The van der Waals surface area contributed by atoms with Crippen LogP contribution < -0.4 is 0 Å². The van der Waals surface area contributed by atoms with Gasteiger partial charge in [-0.3, -0.25) is 0 Å². The van der Waals surface area contributed by atoms with Crippen molar-refractivity contribution in [3.8, 4) is 0 Å². The lowest BCUT2D eigenvalue weighted by molar-refractivity contribution is 0.0612. The van der Waals surface area contributed by atoms with E-state index >= 15 is 0 Å². The van der Waals surface area contributed by atoms with Crippen LogP contribution in [0.15, 0.2) is 0 Å². The quantitative estimate of drug-likeness (QED) is 0.719. The van der Waals surface area contributed by atoms with Gasteiger partial charge >= 0.3 is 0 Å². The van der Waals surface area contributed by atoms with Crippen molar-refractivity contribution in [1.82, 2.24) is 0 Å². The second kappa shape index (κ2) is 6.05. The highest BCUT2D eigenvalue weighted by molar-refractivity contribution is 4.83. The Hall–Kier alpha value is -0.0400. The Labute approximate surface area is 101 Å². The first kappa shape index (κ1) is 12.4. The van der Waals surface area contributed by atoms with Gasteiger partial charge < -0.3 is 5.11 Å². The minimum absolute atomic E-state index is 0.0274. The van der Waals surface area contributed by atoms with Crippen molar-refractivity contribution in [2.45, 2.75) is 77.2 Å². The molecule has 2 aliphatic rings. The third-order valence-electron chi connectivity index (χ3n) is 4.67. The summed E-state index contributed by atoms with van der Waals surface area (Å²) in [6.07, 6.45) is 13.4. The first-order valence-corrected chi connectivity index (χ1v) is 7.47. The van der Waals surface area contributed by atoms with Crippen LogP contribution in [-0.2, 0) is 0 Å². The molecule has 0 bridgehead atoms. The highest BCUT2D eigenvalue weighted by Gasteiger charge is 2.31. The summed E-state index contributed by atoms with van der Waals surface area (Å²) in [7, 11) is 0. The molecule has 16 heavy (non-hydrogen) atoms. The number of rotatable bonds is 6. The van der Waals surface area contributed by atoms with Crippen molar-refractivity contribution in [1.29, 1.82) is 0 Å². The predicted octanol–water partition coefficient (Wildman–Crippen LogP) is 4.14. The molecule has 1 heteroatoms. The van der Waals surface area contributed by atoms with Gasteiger partial charge in [-0.1, -0.05) is 51.9 Å². The van der Waals surface area contributed by atoms with E-state index in [9.17, 15) is 5.11 Å². The van der Waals surface area contributed by atoms with Crippen molar-refractivity contribution in [2.75, 3.05) is 0 Å². The van der Waals surface area contributed by atoms with E-state index in [4.69, 9.17) is 0 Å². The zero-order valence-corrected chi connectivity index (χ0v) is 10.8. The van der Waals surface area contributed by atoms with E-state index < -0.39 is 0 Å². The summed E-state index contributed by atoms with van der Waals surface area (Å²) in [6, 6.07) is 0. The van der Waals surface area contributed by atoms with Gasteiger partial charge in [-0.15, -0.1) is 0 Å². The lowest BCUT2D eigenvalue weighted by atomic mass is 9.77. The second-order valence-electron chi connectivity index (χ2n) is 6.17. The number of hydrogen-bond acceptors (Lipinski definition) is 1. The molecule has 0 heterocycles. The smallest absolute Gasteiger partial charge is 0.0571 e. The summed E-state index contributed by atoms with van der Waals surface area (Å²) in [5.41, 5.74) is 0. The van der Waals surface area contributed by atoms with Crippen molar-refractivity contribution < 1.29 is 5.11 Å². The monoisotopic (exact) mass is 224 g/mol. The van der Waals surface area contributed by atoms with Gasteiger partial charge in [0.1, 0.15) is 0 Å². The average molecular weight is 224 g/mol. The number of hydrogen-bond donors (Lipinski definition) is 1. The Bertz CT molecular complexity index is 190. The minimum Gasteiger partial charge on any atom is -0.393 e. The third-order valence-corrected chi connectivity index (χ3v) is 4.67. The van der Waals surface area contributed by atoms with Gasteiger partial charge in [-0.25, -0.2) is 0 Å². The maximum absolute atomic E-state index is 10.1. The van der Waals surface area contributed by atoms with Gasteiger partial charge in [0.15, 0.2) is 0 Å². The summed E-state index contributed by atoms with van der Waals surface area (Å²) < 4.78 is 0. The van der Waals surface area contributed by atoms with E-state index in [0.29, 0.717) is 5.92 Å². The fourth-order valence-electron chi connectivity index (χ4n) is 3.24. The predicted molar refractivity (Wildman–Crippen MR) is 68.3 cm³/mol. The van der Waals surface area contributed by atoms with E-state index in [1.807, 2.05) is 0 Å². The Morgan fingerprint density at radius 2 is 1.62 bits per heavy atom.